The standard InChI is InChI=1S/C27H27ClN4O4S/c1-4-36-16-31-26-21(15-29)24(17-5-7-18(28)8-6-17)25-22(13-27(2,3)14-23(25)33)32(26)19-9-11-20(12-10-19)37(30,34)35/h5-12,16,24H,4,13-14H2,1-3H3,(H2,30,34,35)/b31-16+. The van der Waals surface area contributed by atoms with E-state index in [2.05, 4.69) is 11.1 Å². The number of nitriles is 1. The van der Waals surface area contributed by atoms with Crippen molar-refractivity contribution in [1.29, 1.82) is 5.26 Å². The smallest absolute Gasteiger partial charge is 0.238 e. The molecule has 192 valence electrons. The number of nitrogens with two attached hydrogens (primary N) is 1. The first-order valence-corrected chi connectivity index (χ1v) is 13.6. The van der Waals surface area contributed by atoms with Crippen LogP contribution in [0, 0.1) is 16.7 Å². The average molecular weight is 539 g/mol. The molecule has 10 heteroatoms. The van der Waals surface area contributed by atoms with Gasteiger partial charge in [0.2, 0.25) is 10.0 Å². The van der Waals surface area contributed by atoms with Crippen LogP contribution in [-0.4, -0.2) is 27.2 Å². The molecule has 0 fully saturated rings. The number of anilines is 1. The van der Waals surface area contributed by atoms with E-state index in [9.17, 15) is 18.5 Å². The molecule has 0 radical (unpaired) electrons. The molecule has 37 heavy (non-hydrogen) atoms. The zero-order valence-electron chi connectivity index (χ0n) is 20.7. The molecule has 2 aliphatic rings. The van der Waals surface area contributed by atoms with Gasteiger partial charge in [0.1, 0.15) is 0 Å². The largest absolute Gasteiger partial charge is 0.483 e. The fourth-order valence-corrected chi connectivity index (χ4v) is 5.45. The van der Waals surface area contributed by atoms with E-state index in [1.165, 1.54) is 18.5 Å². The summed E-state index contributed by atoms with van der Waals surface area (Å²) in [4.78, 5) is 19.9. The highest BCUT2D eigenvalue weighted by molar-refractivity contribution is 7.89. The van der Waals surface area contributed by atoms with Crippen LogP contribution in [-0.2, 0) is 19.6 Å². The lowest BCUT2D eigenvalue weighted by atomic mass is 9.68. The second kappa shape index (κ2) is 10.1. The number of ether oxygens (including phenoxy) is 1. The lowest BCUT2D eigenvalue weighted by Crippen LogP contribution is -2.39. The van der Waals surface area contributed by atoms with E-state index >= 15 is 0 Å². The molecule has 2 aromatic carbocycles. The number of nitrogens with zero attached hydrogens (tertiary/aromatic N) is 3. The molecule has 0 aromatic heterocycles. The number of Topliss-reactive ketones (excluding diaryl/α,β-unsaturated/α-hetero) is 1. The molecule has 0 saturated heterocycles. The highest BCUT2D eigenvalue weighted by Crippen LogP contribution is 2.51. The van der Waals surface area contributed by atoms with Crippen LogP contribution in [0.4, 0.5) is 5.69 Å². The van der Waals surface area contributed by atoms with Crippen molar-refractivity contribution in [3.05, 3.63) is 81.8 Å². The Morgan fingerprint density at radius 2 is 1.84 bits per heavy atom. The third-order valence-corrected chi connectivity index (χ3v) is 7.54. The van der Waals surface area contributed by atoms with Crippen LogP contribution in [0.3, 0.4) is 0 Å². The van der Waals surface area contributed by atoms with E-state index in [0.717, 1.165) is 5.56 Å². The summed E-state index contributed by atoms with van der Waals surface area (Å²) < 4.78 is 29.1. The minimum absolute atomic E-state index is 0.0505. The van der Waals surface area contributed by atoms with Crippen molar-refractivity contribution in [3.63, 3.8) is 0 Å². The molecule has 2 aromatic rings. The van der Waals surface area contributed by atoms with E-state index in [-0.39, 0.29) is 21.7 Å². The Kier molecular flexibility index (Phi) is 7.29. The number of sulfonamides is 1. The Morgan fingerprint density at radius 3 is 2.41 bits per heavy atom. The number of rotatable bonds is 6. The summed E-state index contributed by atoms with van der Waals surface area (Å²) in [6.07, 6.45) is 2.13. The maximum Gasteiger partial charge on any atom is 0.238 e. The first-order valence-electron chi connectivity index (χ1n) is 11.7. The number of allylic oxidation sites excluding steroid dienone is 3. The first-order chi connectivity index (χ1) is 17.5. The Bertz CT molecular complexity index is 1470. The summed E-state index contributed by atoms with van der Waals surface area (Å²) in [5.41, 5.74) is 2.42. The predicted molar refractivity (Wildman–Crippen MR) is 142 cm³/mol. The van der Waals surface area contributed by atoms with Gasteiger partial charge in [0.15, 0.2) is 18.0 Å². The van der Waals surface area contributed by atoms with Crippen molar-refractivity contribution < 1.29 is 17.9 Å². The van der Waals surface area contributed by atoms with Crippen LogP contribution in [0.5, 0.6) is 0 Å². The van der Waals surface area contributed by atoms with Crippen molar-refractivity contribution in [2.75, 3.05) is 11.5 Å². The number of benzene rings is 2. The van der Waals surface area contributed by atoms with Gasteiger partial charge in [-0.05, 0) is 60.7 Å². The topological polar surface area (TPSA) is 126 Å². The molecule has 0 saturated carbocycles. The molecule has 2 N–H and O–H groups in total. The summed E-state index contributed by atoms with van der Waals surface area (Å²) in [5, 5.41) is 16.2. The summed E-state index contributed by atoms with van der Waals surface area (Å²) in [5.74, 6) is -0.406. The number of carbonyl (C=O) groups excluding carboxylic acids is 1. The van der Waals surface area contributed by atoms with E-state index in [1.807, 2.05) is 32.9 Å². The second-order valence-electron chi connectivity index (χ2n) is 9.70. The van der Waals surface area contributed by atoms with Crippen LogP contribution in [0.2, 0.25) is 5.02 Å². The summed E-state index contributed by atoms with van der Waals surface area (Å²) >= 11 is 6.13. The molecule has 8 nitrogen and oxygen atoms in total. The normalized spacial score (nSPS) is 19.7. The van der Waals surface area contributed by atoms with Crippen LogP contribution in [0.1, 0.15) is 45.1 Å². The molecule has 0 spiro atoms. The number of ketones is 1. The van der Waals surface area contributed by atoms with Crippen LogP contribution in [0.15, 0.2) is 81.1 Å². The van der Waals surface area contributed by atoms with Crippen molar-refractivity contribution in [2.45, 2.75) is 44.4 Å². The van der Waals surface area contributed by atoms with Gasteiger partial charge in [-0.3, -0.25) is 9.69 Å². The molecule has 1 atom stereocenters. The minimum atomic E-state index is -3.91. The lowest BCUT2D eigenvalue weighted by molar-refractivity contribution is -0.118. The van der Waals surface area contributed by atoms with Gasteiger partial charge in [-0.1, -0.05) is 37.6 Å². The zero-order valence-corrected chi connectivity index (χ0v) is 22.3. The molecule has 1 aliphatic heterocycles. The average Bonchev–Trinajstić information content (AvgIpc) is 2.83. The summed E-state index contributed by atoms with van der Waals surface area (Å²) in [6.45, 7) is 6.22. The molecule has 0 bridgehead atoms. The predicted octanol–water partition coefficient (Wildman–Crippen LogP) is 5.03. The summed E-state index contributed by atoms with van der Waals surface area (Å²) in [6, 6.07) is 15.3. The number of aliphatic imine (C=N–C) groups is 1. The number of halogens is 1. The molecule has 1 heterocycles. The maximum atomic E-state index is 13.7. The molecule has 1 aliphatic carbocycles. The van der Waals surface area contributed by atoms with E-state index in [1.54, 1.807) is 29.2 Å². The lowest BCUT2D eigenvalue weighted by Gasteiger charge is -2.43. The Labute approximate surface area is 221 Å². The van der Waals surface area contributed by atoms with Gasteiger partial charge >= 0.3 is 0 Å². The van der Waals surface area contributed by atoms with E-state index < -0.39 is 15.9 Å². The maximum absolute atomic E-state index is 13.7. The van der Waals surface area contributed by atoms with Gasteiger partial charge in [0.05, 0.1) is 29.1 Å². The van der Waals surface area contributed by atoms with Gasteiger partial charge < -0.3 is 4.74 Å². The molecule has 4 rings (SSSR count). The first kappa shape index (κ1) is 26.6. The van der Waals surface area contributed by atoms with E-state index in [4.69, 9.17) is 21.5 Å². The van der Waals surface area contributed by atoms with Crippen LogP contribution < -0.4 is 10.0 Å². The second-order valence-corrected chi connectivity index (χ2v) is 11.7. The number of hydrogen-bond donors (Lipinski definition) is 1. The van der Waals surface area contributed by atoms with Gasteiger partial charge in [-0.25, -0.2) is 18.5 Å². The Hall–Kier alpha value is -3.45. The third-order valence-electron chi connectivity index (χ3n) is 6.36. The molecular weight excluding hydrogens is 512 g/mol. The molecule has 0 amide bonds. The fourth-order valence-electron chi connectivity index (χ4n) is 4.81. The van der Waals surface area contributed by atoms with Gasteiger partial charge in [-0.2, -0.15) is 5.26 Å². The minimum Gasteiger partial charge on any atom is -0.483 e. The van der Waals surface area contributed by atoms with Crippen molar-refractivity contribution in [2.24, 2.45) is 15.5 Å². The summed E-state index contributed by atoms with van der Waals surface area (Å²) in [7, 11) is -3.91. The van der Waals surface area contributed by atoms with Gasteiger partial charge in [0, 0.05) is 28.4 Å². The van der Waals surface area contributed by atoms with Crippen molar-refractivity contribution in [3.8, 4) is 6.07 Å². The van der Waals surface area contributed by atoms with Gasteiger partial charge in [-0.15, -0.1) is 0 Å². The Balaban J connectivity index is 2.02. The zero-order chi connectivity index (χ0) is 27.0. The number of hydrogen-bond acceptors (Lipinski definition) is 7. The monoisotopic (exact) mass is 538 g/mol. The fraction of sp³-hybridized carbons (Fsp3) is 0.296. The van der Waals surface area contributed by atoms with Crippen LogP contribution in [0.25, 0.3) is 0 Å². The number of carbonyl (C=O) groups is 1. The third kappa shape index (κ3) is 5.32. The van der Waals surface area contributed by atoms with Gasteiger partial charge in [0.25, 0.3) is 0 Å². The quantitative estimate of drug-likeness (QED) is 0.406. The molecular formula is C27H27ClN4O4S. The Morgan fingerprint density at radius 1 is 1.19 bits per heavy atom. The van der Waals surface area contributed by atoms with Crippen LogP contribution >= 0.6 is 11.6 Å². The number of primary sulfonamides is 1. The molecule has 1 unspecified atom stereocenters. The highest BCUT2D eigenvalue weighted by atomic mass is 35.5. The van der Waals surface area contributed by atoms with E-state index in [0.29, 0.717) is 47.2 Å². The van der Waals surface area contributed by atoms with Crippen molar-refractivity contribution in [1.82, 2.24) is 0 Å². The highest BCUT2D eigenvalue weighted by Gasteiger charge is 2.45. The SMILES string of the molecule is CCO/C=N/C1=C(C#N)C(c2ccc(Cl)cc2)C2=C(CC(C)(C)CC2=O)N1c1ccc(S(N)(=O)=O)cc1. The van der Waals surface area contributed by atoms with Crippen molar-refractivity contribution >= 4 is 39.5 Å².